The maximum Gasteiger partial charge on any atom is 0.221 e. The van der Waals surface area contributed by atoms with Gasteiger partial charge in [-0.25, -0.2) is 0 Å². The van der Waals surface area contributed by atoms with E-state index < -0.39 is 0 Å². The second kappa shape index (κ2) is 6.66. The first kappa shape index (κ1) is 13.2. The Morgan fingerprint density at radius 3 is 2.81 bits per heavy atom. The highest BCUT2D eigenvalue weighted by Gasteiger charge is 2.04. The van der Waals surface area contributed by atoms with E-state index in [1.165, 1.54) is 10.4 Å². The van der Waals surface area contributed by atoms with Crippen LogP contribution in [-0.4, -0.2) is 18.5 Å². The van der Waals surface area contributed by atoms with Crippen molar-refractivity contribution >= 4 is 17.2 Å². The molecule has 90 valence electrons. The molecule has 0 radical (unpaired) electrons. The Bertz CT molecular complexity index is 334. The Balaban J connectivity index is 2.18. The summed E-state index contributed by atoms with van der Waals surface area (Å²) in [7, 11) is 0. The molecule has 0 atom stereocenters. The summed E-state index contributed by atoms with van der Waals surface area (Å²) in [5, 5.41) is 8.21. The van der Waals surface area contributed by atoms with Crippen LogP contribution in [0.25, 0.3) is 0 Å². The Morgan fingerprint density at radius 1 is 1.50 bits per heavy atom. The monoisotopic (exact) mass is 240 g/mol. The second-order valence-corrected chi connectivity index (χ2v) is 5.16. The number of hydrogen-bond donors (Lipinski definition) is 2. The second-order valence-electron chi connectivity index (χ2n) is 4.16. The molecule has 2 N–H and O–H groups in total. The Hall–Kier alpha value is -0.870. The minimum absolute atomic E-state index is 0.112. The van der Waals surface area contributed by atoms with E-state index in [4.69, 9.17) is 0 Å². The molecule has 0 aliphatic heterocycles. The number of carbonyl (C=O) groups is 1. The summed E-state index contributed by atoms with van der Waals surface area (Å²) in [6.45, 7) is 7.62. The van der Waals surface area contributed by atoms with Crippen LogP contribution >= 0.6 is 11.3 Å². The van der Waals surface area contributed by atoms with Gasteiger partial charge >= 0.3 is 0 Å². The predicted octanol–water partition coefficient (Wildman–Crippen LogP) is 2.06. The molecule has 1 heterocycles. The van der Waals surface area contributed by atoms with Crippen LogP contribution in [0, 0.1) is 6.92 Å². The largest absolute Gasteiger partial charge is 0.351 e. The van der Waals surface area contributed by atoms with Crippen molar-refractivity contribution in [1.82, 2.24) is 10.6 Å². The van der Waals surface area contributed by atoms with E-state index in [1.54, 1.807) is 11.3 Å². The average Bonchev–Trinajstić information content (AvgIpc) is 2.60. The topological polar surface area (TPSA) is 41.1 Å². The summed E-state index contributed by atoms with van der Waals surface area (Å²) in [6.07, 6.45) is 0.544. The molecule has 0 unspecified atom stereocenters. The summed E-state index contributed by atoms with van der Waals surface area (Å²) in [6, 6.07) is 2.51. The molecule has 0 fully saturated rings. The van der Waals surface area contributed by atoms with Crippen molar-refractivity contribution in [3.05, 3.63) is 21.9 Å². The number of aryl methyl sites for hydroxylation is 1. The van der Waals surface area contributed by atoms with Crippen LogP contribution in [0.3, 0.4) is 0 Å². The van der Waals surface area contributed by atoms with Crippen molar-refractivity contribution in [2.75, 3.05) is 6.54 Å². The number of carbonyl (C=O) groups excluding carboxylic acids is 1. The van der Waals surface area contributed by atoms with Crippen LogP contribution in [0.1, 0.15) is 30.7 Å². The van der Waals surface area contributed by atoms with E-state index >= 15 is 0 Å². The quantitative estimate of drug-likeness (QED) is 0.799. The third-order valence-electron chi connectivity index (χ3n) is 2.32. The summed E-state index contributed by atoms with van der Waals surface area (Å²) in [5.41, 5.74) is 1.26. The Kier molecular flexibility index (Phi) is 5.49. The van der Waals surface area contributed by atoms with Crippen molar-refractivity contribution in [2.24, 2.45) is 0 Å². The molecular formula is C12H20N2OS. The number of rotatable bonds is 6. The molecule has 16 heavy (non-hydrogen) atoms. The van der Waals surface area contributed by atoms with Gasteiger partial charge in [0.05, 0.1) is 6.54 Å². The molecule has 1 amide bonds. The van der Waals surface area contributed by atoms with Crippen molar-refractivity contribution in [3.63, 3.8) is 0 Å². The van der Waals surface area contributed by atoms with E-state index in [2.05, 4.69) is 42.9 Å². The number of nitrogens with one attached hydrogen (secondary N) is 2. The van der Waals surface area contributed by atoms with E-state index in [0.29, 0.717) is 19.0 Å². The van der Waals surface area contributed by atoms with Gasteiger partial charge in [-0.05, 0) is 23.9 Å². The normalized spacial score (nSPS) is 10.8. The number of amides is 1. The Morgan fingerprint density at radius 2 is 2.25 bits per heavy atom. The van der Waals surface area contributed by atoms with Gasteiger partial charge in [-0.3, -0.25) is 4.79 Å². The maximum absolute atomic E-state index is 11.5. The van der Waals surface area contributed by atoms with Crippen molar-refractivity contribution in [3.8, 4) is 0 Å². The molecule has 0 saturated carbocycles. The van der Waals surface area contributed by atoms with Gasteiger partial charge in [-0.2, -0.15) is 0 Å². The van der Waals surface area contributed by atoms with E-state index in [-0.39, 0.29) is 5.91 Å². The van der Waals surface area contributed by atoms with Gasteiger partial charge in [0.25, 0.3) is 0 Å². The Labute approximate surface area is 101 Å². The van der Waals surface area contributed by atoms with Gasteiger partial charge in [0.2, 0.25) is 5.91 Å². The van der Waals surface area contributed by atoms with Gasteiger partial charge in [0.15, 0.2) is 0 Å². The predicted molar refractivity (Wildman–Crippen MR) is 68.7 cm³/mol. The summed E-state index contributed by atoms with van der Waals surface area (Å²) in [5.74, 6) is 0.112. The zero-order valence-corrected chi connectivity index (χ0v) is 11.0. The smallest absolute Gasteiger partial charge is 0.221 e. The van der Waals surface area contributed by atoms with Crippen LogP contribution in [-0.2, 0) is 11.3 Å². The van der Waals surface area contributed by atoms with Crippen LogP contribution in [0.4, 0.5) is 0 Å². The lowest BCUT2D eigenvalue weighted by atomic mass is 10.3. The molecule has 0 saturated heterocycles. The molecule has 0 aromatic carbocycles. The number of thiophene rings is 1. The highest BCUT2D eigenvalue weighted by molar-refractivity contribution is 7.10. The van der Waals surface area contributed by atoms with Crippen molar-refractivity contribution in [2.45, 2.75) is 39.8 Å². The third-order valence-corrected chi connectivity index (χ3v) is 3.34. The third kappa shape index (κ3) is 4.77. The highest BCUT2D eigenvalue weighted by atomic mass is 32.1. The molecule has 3 nitrogen and oxygen atoms in total. The van der Waals surface area contributed by atoms with Gasteiger partial charge in [-0.1, -0.05) is 13.8 Å². The summed E-state index contributed by atoms with van der Waals surface area (Å²) in [4.78, 5) is 12.7. The van der Waals surface area contributed by atoms with E-state index in [1.807, 2.05) is 0 Å². The zero-order valence-electron chi connectivity index (χ0n) is 10.2. The summed E-state index contributed by atoms with van der Waals surface area (Å²) >= 11 is 1.69. The molecule has 1 aromatic rings. The first-order valence-corrected chi connectivity index (χ1v) is 6.50. The fourth-order valence-corrected chi connectivity index (χ4v) is 2.17. The van der Waals surface area contributed by atoms with Crippen LogP contribution < -0.4 is 10.6 Å². The van der Waals surface area contributed by atoms with Gasteiger partial charge < -0.3 is 10.6 Å². The van der Waals surface area contributed by atoms with Crippen LogP contribution in [0.5, 0.6) is 0 Å². The van der Waals surface area contributed by atoms with E-state index in [0.717, 1.165) is 6.54 Å². The standard InChI is InChI=1S/C12H20N2OS/c1-9(2)13-6-4-12(15)14-8-11-10(3)5-7-16-11/h5,7,9,13H,4,6,8H2,1-3H3,(H,14,15). The minimum Gasteiger partial charge on any atom is -0.351 e. The highest BCUT2D eigenvalue weighted by Crippen LogP contribution is 2.14. The fraction of sp³-hybridized carbons (Fsp3) is 0.583. The number of hydrogen-bond acceptors (Lipinski definition) is 3. The molecule has 1 aromatic heterocycles. The van der Waals surface area contributed by atoms with Crippen molar-refractivity contribution < 1.29 is 4.79 Å². The first-order chi connectivity index (χ1) is 7.59. The van der Waals surface area contributed by atoms with E-state index in [9.17, 15) is 4.79 Å². The fourth-order valence-electron chi connectivity index (χ4n) is 1.33. The molecule has 1 rings (SSSR count). The SMILES string of the molecule is Cc1ccsc1CNC(=O)CCNC(C)C. The lowest BCUT2D eigenvalue weighted by molar-refractivity contribution is -0.121. The molecule has 4 heteroatoms. The first-order valence-electron chi connectivity index (χ1n) is 5.62. The van der Waals surface area contributed by atoms with Crippen LogP contribution in [0.15, 0.2) is 11.4 Å². The lowest BCUT2D eigenvalue weighted by Gasteiger charge is -2.08. The molecule has 0 aliphatic carbocycles. The zero-order chi connectivity index (χ0) is 12.0. The molecule has 0 bridgehead atoms. The lowest BCUT2D eigenvalue weighted by Crippen LogP contribution is -2.30. The molecule has 0 spiro atoms. The van der Waals surface area contributed by atoms with Crippen LogP contribution in [0.2, 0.25) is 0 Å². The average molecular weight is 240 g/mol. The summed E-state index contributed by atoms with van der Waals surface area (Å²) < 4.78 is 0. The van der Waals surface area contributed by atoms with Gasteiger partial charge in [0.1, 0.15) is 0 Å². The van der Waals surface area contributed by atoms with Gasteiger partial charge in [0, 0.05) is 23.9 Å². The maximum atomic E-state index is 11.5. The molecule has 0 aliphatic rings. The molecular weight excluding hydrogens is 220 g/mol. The minimum atomic E-state index is 0.112. The van der Waals surface area contributed by atoms with Crippen molar-refractivity contribution in [1.29, 1.82) is 0 Å². The van der Waals surface area contributed by atoms with Gasteiger partial charge in [-0.15, -0.1) is 11.3 Å².